The second kappa shape index (κ2) is 8.76. The van der Waals surface area contributed by atoms with Crippen molar-refractivity contribution in [1.29, 1.82) is 0 Å². The van der Waals surface area contributed by atoms with E-state index < -0.39 is 66.9 Å². The van der Waals surface area contributed by atoms with Gasteiger partial charge in [-0.2, -0.15) is 57.1 Å². The van der Waals surface area contributed by atoms with E-state index in [1.54, 1.807) is 0 Å². The van der Waals surface area contributed by atoms with Gasteiger partial charge in [-0.15, -0.1) is 0 Å². The Hall–Kier alpha value is -2.17. The van der Waals surface area contributed by atoms with Gasteiger partial charge in [0.15, 0.2) is 0 Å². The summed E-state index contributed by atoms with van der Waals surface area (Å²) in [5.74, 6) is -40.1. The number of carbonyl (C=O) groups excluding carboxylic acids is 2. The van der Waals surface area contributed by atoms with Crippen LogP contribution in [0.2, 0.25) is 0 Å². The van der Waals surface area contributed by atoms with Gasteiger partial charge in [-0.1, -0.05) is 0 Å². The first kappa shape index (κ1) is 28.8. The Morgan fingerprint density at radius 1 is 0.774 bits per heavy atom. The smallest absolute Gasteiger partial charge is 0.460 e. The molecule has 0 heterocycles. The number of hydrogen-bond donors (Lipinski definition) is 1. The maximum atomic E-state index is 13.8. The zero-order chi connectivity index (χ0) is 25.3. The van der Waals surface area contributed by atoms with Gasteiger partial charge in [0.25, 0.3) is 0 Å². The number of rotatable bonds is 9. The van der Waals surface area contributed by atoms with Crippen molar-refractivity contribution >= 4 is 12.1 Å². The van der Waals surface area contributed by atoms with Crippen LogP contribution in [0.25, 0.3) is 0 Å². The zero-order valence-corrected chi connectivity index (χ0v) is 15.0. The van der Waals surface area contributed by atoms with E-state index in [0.717, 1.165) is 12.2 Å². The molecular formula is C13H12F13NO4. The summed E-state index contributed by atoms with van der Waals surface area (Å²) in [5.41, 5.74) is 0. The molecule has 0 saturated heterocycles. The van der Waals surface area contributed by atoms with Gasteiger partial charge < -0.3 is 14.8 Å². The van der Waals surface area contributed by atoms with Gasteiger partial charge in [0.05, 0.1) is 13.7 Å². The molecule has 0 spiro atoms. The van der Waals surface area contributed by atoms with Crippen LogP contribution < -0.4 is 5.32 Å². The average Bonchev–Trinajstić information content (AvgIpc) is 2.58. The highest BCUT2D eigenvalue weighted by atomic mass is 19.4. The van der Waals surface area contributed by atoms with Crippen molar-refractivity contribution in [3.8, 4) is 0 Å². The molecule has 1 atom stereocenters. The standard InChI is InChI=1S/C13H12F13NO4/c1-3-31-7(29)27-5(6(28)30-2)4-8(14,15)9(16,17)10(18,19)11(20,21)12(22,23)13(24,25)26/h5H,3-4H2,1-2H3,(H,27,29). The number of amides is 1. The molecule has 0 radical (unpaired) electrons. The summed E-state index contributed by atoms with van der Waals surface area (Å²) in [7, 11) is 0.422. The number of methoxy groups -OCH3 is 1. The summed E-state index contributed by atoms with van der Waals surface area (Å²) in [4.78, 5) is 22.5. The van der Waals surface area contributed by atoms with Crippen LogP contribution >= 0.6 is 0 Å². The average molecular weight is 493 g/mol. The Kier molecular flexibility index (Phi) is 8.14. The fourth-order valence-corrected chi connectivity index (χ4v) is 1.84. The van der Waals surface area contributed by atoms with Gasteiger partial charge in [-0.3, -0.25) is 0 Å². The van der Waals surface area contributed by atoms with Crippen LogP contribution in [0.5, 0.6) is 0 Å². The molecule has 0 aliphatic carbocycles. The third kappa shape index (κ3) is 5.02. The molecule has 0 saturated carbocycles. The Bertz CT molecular complexity index is 662. The van der Waals surface area contributed by atoms with Crippen molar-refractivity contribution in [1.82, 2.24) is 5.32 Å². The fraction of sp³-hybridized carbons (Fsp3) is 0.846. The van der Waals surface area contributed by atoms with Crippen LogP contribution in [0, 0.1) is 0 Å². The van der Waals surface area contributed by atoms with Gasteiger partial charge in [0, 0.05) is 6.42 Å². The lowest BCUT2D eigenvalue weighted by atomic mass is 9.91. The van der Waals surface area contributed by atoms with Crippen molar-refractivity contribution in [2.75, 3.05) is 13.7 Å². The molecular weight excluding hydrogens is 481 g/mol. The van der Waals surface area contributed by atoms with E-state index in [-0.39, 0.29) is 0 Å². The van der Waals surface area contributed by atoms with Gasteiger partial charge in [-0.05, 0) is 6.92 Å². The molecule has 0 bridgehead atoms. The number of esters is 1. The largest absolute Gasteiger partial charge is 0.467 e. The zero-order valence-electron chi connectivity index (χ0n) is 15.0. The van der Waals surface area contributed by atoms with Gasteiger partial charge in [0.1, 0.15) is 6.04 Å². The second-order valence-electron chi connectivity index (χ2n) is 5.64. The number of carbonyl (C=O) groups is 2. The van der Waals surface area contributed by atoms with Gasteiger partial charge in [0.2, 0.25) is 0 Å². The lowest BCUT2D eigenvalue weighted by Crippen LogP contribution is -2.70. The van der Waals surface area contributed by atoms with Crippen LogP contribution in [0.1, 0.15) is 13.3 Å². The second-order valence-corrected chi connectivity index (χ2v) is 5.64. The highest BCUT2D eigenvalue weighted by Crippen LogP contribution is 2.60. The molecule has 1 amide bonds. The third-order valence-corrected chi connectivity index (χ3v) is 3.51. The van der Waals surface area contributed by atoms with E-state index in [1.807, 2.05) is 0 Å². The minimum Gasteiger partial charge on any atom is -0.467 e. The van der Waals surface area contributed by atoms with Crippen molar-refractivity contribution < 1.29 is 76.1 Å². The van der Waals surface area contributed by atoms with Crippen molar-refractivity contribution in [3.05, 3.63) is 0 Å². The van der Waals surface area contributed by atoms with E-state index in [1.165, 1.54) is 0 Å². The Morgan fingerprint density at radius 2 is 1.19 bits per heavy atom. The van der Waals surface area contributed by atoms with Gasteiger partial charge in [-0.25, -0.2) is 9.59 Å². The minimum absolute atomic E-state index is 0.422. The summed E-state index contributed by atoms with van der Waals surface area (Å²) in [5, 5.41) is 1.13. The number of alkyl carbamates (subject to hydrolysis) is 1. The molecule has 0 rings (SSSR count). The lowest BCUT2D eigenvalue weighted by Gasteiger charge is -2.40. The monoisotopic (exact) mass is 493 g/mol. The van der Waals surface area contributed by atoms with Crippen molar-refractivity contribution in [3.63, 3.8) is 0 Å². The third-order valence-electron chi connectivity index (χ3n) is 3.51. The highest BCUT2D eigenvalue weighted by molar-refractivity contribution is 5.81. The van der Waals surface area contributed by atoms with Crippen molar-refractivity contribution in [2.24, 2.45) is 0 Å². The molecule has 0 aromatic rings. The first-order valence-corrected chi connectivity index (χ1v) is 7.52. The van der Waals surface area contributed by atoms with Crippen LogP contribution in [0.15, 0.2) is 0 Å². The summed E-state index contributed by atoms with van der Waals surface area (Å²) in [6, 6.07) is -2.99. The quantitative estimate of drug-likeness (QED) is 0.382. The Labute approximate surface area is 163 Å². The number of nitrogens with one attached hydrogen (secondary N) is 1. The first-order chi connectivity index (χ1) is 13.5. The summed E-state index contributed by atoms with van der Waals surface area (Å²) >= 11 is 0. The molecule has 0 aromatic carbocycles. The number of halogens is 13. The molecule has 0 fully saturated rings. The molecule has 0 aromatic heterocycles. The Balaban J connectivity index is 6.23. The minimum atomic E-state index is -8.07. The number of hydrogen-bond acceptors (Lipinski definition) is 4. The van der Waals surface area contributed by atoms with E-state index in [0.29, 0.717) is 7.11 Å². The van der Waals surface area contributed by atoms with Crippen LogP contribution in [0.4, 0.5) is 61.9 Å². The number of ether oxygens (including phenoxy) is 2. The predicted octanol–water partition coefficient (Wildman–Crippen LogP) is 4.40. The highest BCUT2D eigenvalue weighted by Gasteiger charge is 2.90. The summed E-state index contributed by atoms with van der Waals surface area (Å²) < 4.78 is 177. The summed E-state index contributed by atoms with van der Waals surface area (Å²) in [6.45, 7) is 0.627. The molecule has 18 heteroatoms. The van der Waals surface area contributed by atoms with Crippen molar-refractivity contribution in [2.45, 2.75) is 55.2 Å². The van der Waals surface area contributed by atoms with Crippen LogP contribution in [-0.2, 0) is 14.3 Å². The predicted molar refractivity (Wildman–Crippen MR) is 71.4 cm³/mol. The molecule has 1 unspecified atom stereocenters. The van der Waals surface area contributed by atoms with Crippen LogP contribution in [-0.4, -0.2) is 67.6 Å². The van der Waals surface area contributed by atoms with Crippen LogP contribution in [0.3, 0.4) is 0 Å². The molecule has 184 valence electrons. The van der Waals surface area contributed by atoms with Gasteiger partial charge >= 0.3 is 47.9 Å². The van der Waals surface area contributed by atoms with E-state index >= 15 is 0 Å². The molecule has 0 aliphatic heterocycles. The van der Waals surface area contributed by atoms with E-state index in [4.69, 9.17) is 0 Å². The fourth-order valence-electron chi connectivity index (χ4n) is 1.84. The molecule has 0 aliphatic rings. The molecule has 1 N–H and O–H groups in total. The number of alkyl halides is 13. The van der Waals surface area contributed by atoms with E-state index in [2.05, 4.69) is 9.47 Å². The molecule has 31 heavy (non-hydrogen) atoms. The SMILES string of the molecule is CCOC(=O)NC(CC(F)(F)C(F)(F)C(F)(F)C(F)(F)C(F)(F)C(F)(F)F)C(=O)OC. The first-order valence-electron chi connectivity index (χ1n) is 7.52. The van der Waals surface area contributed by atoms with E-state index in [9.17, 15) is 66.7 Å². The maximum Gasteiger partial charge on any atom is 0.460 e. The normalized spacial score (nSPS) is 15.3. The maximum absolute atomic E-state index is 13.8. The lowest BCUT2D eigenvalue weighted by molar-refractivity contribution is -0.440. The summed E-state index contributed by atoms with van der Waals surface area (Å²) in [6.07, 6.45) is -12.3. The Morgan fingerprint density at radius 3 is 1.55 bits per heavy atom. The topological polar surface area (TPSA) is 64.6 Å². The molecule has 5 nitrogen and oxygen atoms in total.